The van der Waals surface area contributed by atoms with E-state index in [1.807, 2.05) is 6.26 Å². The molecule has 7 heteroatoms. The number of amides is 1. The quantitative estimate of drug-likeness (QED) is 0.791. The highest BCUT2D eigenvalue weighted by Gasteiger charge is 2.35. The lowest BCUT2D eigenvalue weighted by Gasteiger charge is -2.24. The molecule has 1 atom stereocenters. The van der Waals surface area contributed by atoms with Crippen LogP contribution >= 0.6 is 11.8 Å². The molecule has 112 valence electrons. The summed E-state index contributed by atoms with van der Waals surface area (Å²) in [4.78, 5) is 13.4. The highest BCUT2D eigenvalue weighted by atomic mass is 32.2. The minimum atomic E-state index is -4.82. The predicted octanol–water partition coefficient (Wildman–Crippen LogP) is 3.67. The summed E-state index contributed by atoms with van der Waals surface area (Å²) in [5.41, 5.74) is -1.59. The van der Waals surface area contributed by atoms with Gasteiger partial charge in [0.25, 0.3) is 5.91 Å². The molecule has 0 aliphatic carbocycles. The summed E-state index contributed by atoms with van der Waals surface area (Å²) in [5.74, 6) is -1.28. The molecule has 1 unspecified atom stereocenters. The molecule has 1 amide bonds. The number of thioether (sulfide) groups is 1. The normalized spacial score (nSPS) is 13.2. The van der Waals surface area contributed by atoms with Crippen molar-refractivity contribution in [1.82, 2.24) is 4.90 Å². The van der Waals surface area contributed by atoms with Gasteiger partial charge in [-0.25, -0.2) is 4.39 Å². The van der Waals surface area contributed by atoms with E-state index in [2.05, 4.69) is 0 Å². The SMILES string of the molecule is CSCC(C)N(C)C(=O)c1ccc(F)c(C(F)(F)F)c1. The third kappa shape index (κ3) is 3.88. The molecule has 2 nitrogen and oxygen atoms in total. The molecule has 0 N–H and O–H groups in total. The third-order valence-electron chi connectivity index (χ3n) is 2.91. The van der Waals surface area contributed by atoms with Crippen LogP contribution in [-0.4, -0.2) is 35.9 Å². The Morgan fingerprint density at radius 2 is 2.00 bits per heavy atom. The summed E-state index contributed by atoms with van der Waals surface area (Å²) in [6.45, 7) is 1.79. The first kappa shape index (κ1) is 16.8. The number of alkyl halides is 3. The third-order valence-corrected chi connectivity index (χ3v) is 3.72. The topological polar surface area (TPSA) is 20.3 Å². The Hall–Kier alpha value is -1.24. The van der Waals surface area contributed by atoms with Gasteiger partial charge in [0.1, 0.15) is 5.82 Å². The van der Waals surface area contributed by atoms with E-state index in [0.717, 1.165) is 6.07 Å². The van der Waals surface area contributed by atoms with Crippen LogP contribution in [0.4, 0.5) is 17.6 Å². The van der Waals surface area contributed by atoms with E-state index in [9.17, 15) is 22.4 Å². The molecule has 0 aliphatic rings. The second-order valence-corrected chi connectivity index (χ2v) is 5.32. The van der Waals surface area contributed by atoms with Crippen LogP contribution in [-0.2, 0) is 6.18 Å². The van der Waals surface area contributed by atoms with Gasteiger partial charge in [0, 0.05) is 24.4 Å². The van der Waals surface area contributed by atoms with Gasteiger partial charge in [-0.2, -0.15) is 24.9 Å². The van der Waals surface area contributed by atoms with Crippen molar-refractivity contribution in [1.29, 1.82) is 0 Å². The van der Waals surface area contributed by atoms with Crippen LogP contribution in [0, 0.1) is 5.82 Å². The largest absolute Gasteiger partial charge is 0.419 e. The van der Waals surface area contributed by atoms with E-state index in [4.69, 9.17) is 0 Å². The second kappa shape index (κ2) is 6.47. The molecule has 0 fully saturated rings. The zero-order chi connectivity index (χ0) is 15.5. The minimum absolute atomic E-state index is 0.128. The number of nitrogens with zero attached hydrogens (tertiary/aromatic N) is 1. The van der Waals surface area contributed by atoms with E-state index in [-0.39, 0.29) is 11.6 Å². The molecule has 20 heavy (non-hydrogen) atoms. The van der Waals surface area contributed by atoms with Crippen LogP contribution in [0.1, 0.15) is 22.8 Å². The Kier molecular flexibility index (Phi) is 5.44. The maximum absolute atomic E-state index is 13.2. The minimum Gasteiger partial charge on any atom is -0.338 e. The van der Waals surface area contributed by atoms with Crippen molar-refractivity contribution in [3.8, 4) is 0 Å². The van der Waals surface area contributed by atoms with E-state index >= 15 is 0 Å². The molecule has 0 radical (unpaired) electrons. The number of hydrogen-bond donors (Lipinski definition) is 0. The van der Waals surface area contributed by atoms with Gasteiger partial charge in [0.15, 0.2) is 0 Å². The molecule has 0 heterocycles. The van der Waals surface area contributed by atoms with Crippen LogP contribution in [0.3, 0.4) is 0 Å². The number of carbonyl (C=O) groups excluding carboxylic acids is 1. The van der Waals surface area contributed by atoms with Crippen molar-refractivity contribution >= 4 is 17.7 Å². The first-order valence-corrected chi connectivity index (χ1v) is 7.20. The summed E-state index contributed by atoms with van der Waals surface area (Å²) < 4.78 is 51.0. The Bertz CT molecular complexity index is 490. The number of halogens is 4. The Morgan fingerprint density at radius 1 is 1.40 bits per heavy atom. The number of rotatable bonds is 4. The molecule has 0 aliphatic heterocycles. The first-order valence-electron chi connectivity index (χ1n) is 5.81. The van der Waals surface area contributed by atoms with Gasteiger partial charge in [-0.1, -0.05) is 0 Å². The van der Waals surface area contributed by atoms with Crippen molar-refractivity contribution in [2.75, 3.05) is 19.1 Å². The van der Waals surface area contributed by atoms with Gasteiger partial charge in [-0.15, -0.1) is 0 Å². The van der Waals surface area contributed by atoms with E-state index < -0.39 is 23.5 Å². The summed E-state index contributed by atoms with van der Waals surface area (Å²) in [5, 5.41) is 0. The van der Waals surface area contributed by atoms with Crippen LogP contribution in [0.5, 0.6) is 0 Å². The van der Waals surface area contributed by atoms with Gasteiger partial charge in [0.05, 0.1) is 5.56 Å². The predicted molar refractivity (Wildman–Crippen MR) is 71.3 cm³/mol. The fourth-order valence-electron chi connectivity index (χ4n) is 1.63. The van der Waals surface area contributed by atoms with Crippen LogP contribution < -0.4 is 0 Å². The lowest BCUT2D eigenvalue weighted by Crippen LogP contribution is -2.36. The van der Waals surface area contributed by atoms with Gasteiger partial charge in [0.2, 0.25) is 0 Å². The monoisotopic (exact) mass is 309 g/mol. The molecule has 0 saturated carbocycles. The summed E-state index contributed by atoms with van der Waals surface area (Å²) in [6, 6.07) is 2.16. The van der Waals surface area contributed by atoms with Gasteiger partial charge < -0.3 is 4.90 Å². The summed E-state index contributed by atoms with van der Waals surface area (Å²) >= 11 is 1.53. The maximum Gasteiger partial charge on any atom is 0.419 e. The Balaban J connectivity index is 3.06. The van der Waals surface area contributed by atoms with E-state index in [0.29, 0.717) is 17.9 Å². The van der Waals surface area contributed by atoms with Crippen LogP contribution in [0.25, 0.3) is 0 Å². The molecule has 1 rings (SSSR count). The Labute approximate surface area is 119 Å². The average molecular weight is 309 g/mol. The number of benzene rings is 1. The smallest absolute Gasteiger partial charge is 0.338 e. The summed E-state index contributed by atoms with van der Waals surface area (Å²) in [7, 11) is 1.51. The zero-order valence-corrected chi connectivity index (χ0v) is 12.1. The number of carbonyl (C=O) groups is 1. The highest BCUT2D eigenvalue weighted by Crippen LogP contribution is 2.32. The lowest BCUT2D eigenvalue weighted by molar-refractivity contribution is -0.140. The van der Waals surface area contributed by atoms with Gasteiger partial charge >= 0.3 is 6.18 Å². The highest BCUT2D eigenvalue weighted by molar-refractivity contribution is 7.98. The molecule has 1 aromatic carbocycles. The van der Waals surface area contributed by atoms with Crippen molar-refractivity contribution in [3.05, 3.63) is 35.1 Å². The zero-order valence-electron chi connectivity index (χ0n) is 11.3. The van der Waals surface area contributed by atoms with Crippen molar-refractivity contribution in [3.63, 3.8) is 0 Å². The molecule has 0 bridgehead atoms. The maximum atomic E-state index is 13.2. The molecule has 0 aromatic heterocycles. The molecule has 1 aromatic rings. The molecular weight excluding hydrogens is 294 g/mol. The van der Waals surface area contributed by atoms with E-state index in [1.54, 1.807) is 6.92 Å². The molecule has 0 spiro atoms. The average Bonchev–Trinajstić information content (AvgIpc) is 2.36. The molecular formula is C13H15F4NOS. The molecule has 0 saturated heterocycles. The van der Waals surface area contributed by atoms with Crippen molar-refractivity contribution in [2.45, 2.75) is 19.1 Å². The fourth-order valence-corrected chi connectivity index (χ4v) is 2.34. The first-order chi connectivity index (χ1) is 9.18. The second-order valence-electron chi connectivity index (χ2n) is 4.41. The Morgan fingerprint density at radius 3 is 2.50 bits per heavy atom. The standard InChI is InChI=1S/C13H15F4NOS/c1-8(7-20-3)18(2)12(19)9-4-5-11(14)10(6-9)13(15,16)17/h4-6,8H,7H2,1-3H3. The van der Waals surface area contributed by atoms with Crippen molar-refractivity contribution < 1.29 is 22.4 Å². The van der Waals surface area contributed by atoms with E-state index in [1.165, 1.54) is 23.7 Å². The summed E-state index contributed by atoms with van der Waals surface area (Å²) in [6.07, 6.45) is -2.95. The van der Waals surface area contributed by atoms with Gasteiger partial charge in [-0.05, 0) is 31.4 Å². The van der Waals surface area contributed by atoms with Crippen LogP contribution in [0.15, 0.2) is 18.2 Å². The number of hydrogen-bond acceptors (Lipinski definition) is 2. The lowest BCUT2D eigenvalue weighted by atomic mass is 10.1. The van der Waals surface area contributed by atoms with Gasteiger partial charge in [-0.3, -0.25) is 4.79 Å². The van der Waals surface area contributed by atoms with Crippen molar-refractivity contribution in [2.24, 2.45) is 0 Å². The van der Waals surface area contributed by atoms with Crippen LogP contribution in [0.2, 0.25) is 0 Å². The fraction of sp³-hybridized carbons (Fsp3) is 0.462.